The lowest BCUT2D eigenvalue weighted by Crippen LogP contribution is -2.54. The van der Waals surface area contributed by atoms with Crippen LogP contribution in [0.3, 0.4) is 0 Å². The molecule has 0 aliphatic carbocycles. The van der Waals surface area contributed by atoms with Crippen LogP contribution in [0.2, 0.25) is 0 Å². The summed E-state index contributed by atoms with van der Waals surface area (Å²) < 4.78 is 0. The number of unbranched alkanes of at least 4 members (excludes halogenated alkanes) is 4. The third kappa shape index (κ3) is 4.89. The first-order valence-corrected chi connectivity index (χ1v) is 11.0. The number of nitrogens with zero attached hydrogens (tertiary/aromatic N) is 1. The number of carbonyl (C=O) groups is 4. The number of imide groups is 2. The van der Waals surface area contributed by atoms with Crippen LogP contribution in [-0.2, 0) is 9.59 Å². The fraction of sp³-hybridized carbons (Fsp3) is 0.565. The van der Waals surface area contributed by atoms with Gasteiger partial charge in [-0.05, 0) is 30.9 Å². The minimum Gasteiger partial charge on any atom is -0.384 e. The van der Waals surface area contributed by atoms with Gasteiger partial charge >= 0.3 is 0 Å². The van der Waals surface area contributed by atoms with Crippen molar-refractivity contribution in [2.75, 3.05) is 11.9 Å². The maximum absolute atomic E-state index is 13.0. The fourth-order valence-electron chi connectivity index (χ4n) is 4.09. The number of amides is 4. The Hall–Kier alpha value is -2.70. The SMILES string of the molecule is CC(C)CCCCCCCNc1cccc2c1C(=O)N(C1CCC(=O)NC1=O)C2=O. The van der Waals surface area contributed by atoms with Crippen LogP contribution in [0.5, 0.6) is 0 Å². The third-order valence-corrected chi connectivity index (χ3v) is 5.74. The van der Waals surface area contributed by atoms with E-state index in [1.807, 2.05) is 0 Å². The Morgan fingerprint density at radius 3 is 2.50 bits per heavy atom. The Morgan fingerprint density at radius 1 is 1.03 bits per heavy atom. The van der Waals surface area contributed by atoms with Crippen LogP contribution in [0, 0.1) is 5.92 Å². The second kappa shape index (κ2) is 9.87. The summed E-state index contributed by atoms with van der Waals surface area (Å²) in [5, 5.41) is 5.51. The number of anilines is 1. The standard InChI is InChI=1S/C23H31N3O4/c1-15(2)9-6-4-3-5-7-14-24-17-11-8-10-16-20(17)23(30)26(22(16)29)18-12-13-19(27)25-21(18)28/h8,10-11,15,18,24H,3-7,9,12-14H2,1-2H3,(H,25,27,28). The fourth-order valence-corrected chi connectivity index (χ4v) is 4.09. The molecule has 1 atom stereocenters. The Bertz CT molecular complexity index is 834. The molecule has 1 saturated heterocycles. The summed E-state index contributed by atoms with van der Waals surface area (Å²) in [5.74, 6) is -1.15. The largest absolute Gasteiger partial charge is 0.384 e. The summed E-state index contributed by atoms with van der Waals surface area (Å²) in [4.78, 5) is 50.4. The van der Waals surface area contributed by atoms with Gasteiger partial charge in [0.15, 0.2) is 0 Å². The van der Waals surface area contributed by atoms with E-state index >= 15 is 0 Å². The van der Waals surface area contributed by atoms with E-state index in [2.05, 4.69) is 24.5 Å². The molecule has 2 aliphatic rings. The second-order valence-corrected chi connectivity index (χ2v) is 8.55. The zero-order valence-corrected chi connectivity index (χ0v) is 17.8. The number of nitrogens with one attached hydrogen (secondary N) is 2. The van der Waals surface area contributed by atoms with Crippen molar-refractivity contribution in [3.8, 4) is 0 Å². The molecule has 2 heterocycles. The molecule has 30 heavy (non-hydrogen) atoms. The van der Waals surface area contributed by atoms with Crippen molar-refractivity contribution < 1.29 is 19.2 Å². The van der Waals surface area contributed by atoms with Gasteiger partial charge in [0.2, 0.25) is 11.8 Å². The molecule has 1 aromatic carbocycles. The quantitative estimate of drug-likeness (QED) is 0.452. The van der Waals surface area contributed by atoms with Gasteiger partial charge in [-0.15, -0.1) is 0 Å². The molecule has 162 valence electrons. The van der Waals surface area contributed by atoms with Crippen molar-refractivity contribution in [3.05, 3.63) is 29.3 Å². The zero-order valence-electron chi connectivity index (χ0n) is 17.8. The lowest BCUT2D eigenvalue weighted by molar-refractivity contribution is -0.136. The maximum Gasteiger partial charge on any atom is 0.264 e. The Morgan fingerprint density at radius 2 is 1.77 bits per heavy atom. The molecule has 7 heteroatoms. The van der Waals surface area contributed by atoms with Crippen LogP contribution in [0.25, 0.3) is 0 Å². The molecule has 1 fully saturated rings. The molecule has 1 aromatic rings. The number of hydrogen-bond acceptors (Lipinski definition) is 5. The van der Waals surface area contributed by atoms with Gasteiger partial charge in [-0.3, -0.25) is 29.4 Å². The highest BCUT2D eigenvalue weighted by Crippen LogP contribution is 2.32. The van der Waals surface area contributed by atoms with Gasteiger partial charge in [0.25, 0.3) is 11.8 Å². The predicted octanol–water partition coefficient (Wildman–Crippen LogP) is 3.50. The van der Waals surface area contributed by atoms with Gasteiger partial charge in [0.05, 0.1) is 11.1 Å². The van der Waals surface area contributed by atoms with Gasteiger partial charge in [-0.2, -0.15) is 0 Å². The highest BCUT2D eigenvalue weighted by Gasteiger charge is 2.45. The van der Waals surface area contributed by atoms with Gasteiger partial charge in [0, 0.05) is 18.7 Å². The molecule has 2 N–H and O–H groups in total. The number of carbonyl (C=O) groups excluding carboxylic acids is 4. The molecular weight excluding hydrogens is 382 g/mol. The minimum atomic E-state index is -0.936. The lowest BCUT2D eigenvalue weighted by atomic mass is 10.0. The summed E-state index contributed by atoms with van der Waals surface area (Å²) >= 11 is 0. The number of fused-ring (bicyclic) bond motifs is 1. The summed E-state index contributed by atoms with van der Waals surface area (Å²) in [5.41, 5.74) is 1.26. The Balaban J connectivity index is 1.57. The van der Waals surface area contributed by atoms with Crippen molar-refractivity contribution in [3.63, 3.8) is 0 Å². The van der Waals surface area contributed by atoms with E-state index in [4.69, 9.17) is 0 Å². The van der Waals surface area contributed by atoms with Gasteiger partial charge in [-0.25, -0.2) is 0 Å². The van der Waals surface area contributed by atoms with Gasteiger partial charge < -0.3 is 5.32 Å². The highest BCUT2D eigenvalue weighted by atomic mass is 16.2. The maximum atomic E-state index is 13.0. The van der Waals surface area contributed by atoms with Crippen LogP contribution in [0.4, 0.5) is 5.69 Å². The average Bonchev–Trinajstić information content (AvgIpc) is 2.95. The number of piperidine rings is 1. The molecule has 1 unspecified atom stereocenters. The first-order valence-electron chi connectivity index (χ1n) is 11.0. The van der Waals surface area contributed by atoms with E-state index in [0.29, 0.717) is 16.8 Å². The van der Waals surface area contributed by atoms with Crippen molar-refractivity contribution in [1.82, 2.24) is 10.2 Å². The summed E-state index contributed by atoms with van der Waals surface area (Å²) in [7, 11) is 0. The molecule has 0 aromatic heterocycles. The summed E-state index contributed by atoms with van der Waals surface area (Å²) in [6, 6.07) is 4.21. The van der Waals surface area contributed by atoms with Crippen LogP contribution < -0.4 is 10.6 Å². The topological polar surface area (TPSA) is 95.6 Å². The second-order valence-electron chi connectivity index (χ2n) is 8.55. The van der Waals surface area contributed by atoms with E-state index < -0.39 is 23.8 Å². The van der Waals surface area contributed by atoms with Gasteiger partial charge in [0.1, 0.15) is 6.04 Å². The van der Waals surface area contributed by atoms with Crippen LogP contribution in [0.1, 0.15) is 85.9 Å². The molecule has 0 bridgehead atoms. The van der Waals surface area contributed by atoms with Crippen molar-refractivity contribution in [2.45, 2.75) is 71.3 Å². The van der Waals surface area contributed by atoms with E-state index in [1.165, 1.54) is 25.7 Å². The number of hydrogen-bond donors (Lipinski definition) is 2. The first kappa shape index (κ1) is 22.0. The van der Waals surface area contributed by atoms with E-state index in [-0.39, 0.29) is 18.7 Å². The smallest absolute Gasteiger partial charge is 0.264 e. The normalized spacial score (nSPS) is 18.8. The van der Waals surface area contributed by atoms with Crippen molar-refractivity contribution >= 4 is 29.3 Å². The molecular formula is C23H31N3O4. The zero-order chi connectivity index (χ0) is 21.7. The number of benzene rings is 1. The monoisotopic (exact) mass is 413 g/mol. The van der Waals surface area contributed by atoms with E-state index in [0.717, 1.165) is 30.2 Å². The van der Waals surface area contributed by atoms with E-state index in [1.54, 1.807) is 18.2 Å². The molecule has 4 amide bonds. The molecule has 0 saturated carbocycles. The predicted molar refractivity (Wildman–Crippen MR) is 114 cm³/mol. The van der Waals surface area contributed by atoms with Gasteiger partial charge in [-0.1, -0.05) is 52.0 Å². The van der Waals surface area contributed by atoms with Crippen molar-refractivity contribution in [1.29, 1.82) is 0 Å². The molecule has 7 nitrogen and oxygen atoms in total. The molecule has 3 rings (SSSR count). The summed E-state index contributed by atoms with van der Waals surface area (Å²) in [6.07, 6.45) is 7.37. The highest BCUT2D eigenvalue weighted by molar-refractivity contribution is 6.25. The third-order valence-electron chi connectivity index (χ3n) is 5.74. The Kier molecular flexibility index (Phi) is 7.24. The average molecular weight is 414 g/mol. The molecule has 0 radical (unpaired) electrons. The van der Waals surface area contributed by atoms with Crippen LogP contribution >= 0.6 is 0 Å². The minimum absolute atomic E-state index is 0.117. The molecule has 0 spiro atoms. The number of rotatable bonds is 10. The van der Waals surface area contributed by atoms with Crippen LogP contribution in [-0.4, -0.2) is 41.1 Å². The van der Waals surface area contributed by atoms with Crippen LogP contribution in [0.15, 0.2) is 18.2 Å². The van der Waals surface area contributed by atoms with E-state index in [9.17, 15) is 19.2 Å². The summed E-state index contributed by atoms with van der Waals surface area (Å²) in [6.45, 7) is 5.21. The van der Waals surface area contributed by atoms with Crippen molar-refractivity contribution in [2.24, 2.45) is 5.92 Å². The first-order chi connectivity index (χ1) is 14.4. The molecule has 2 aliphatic heterocycles. The Labute approximate surface area is 177 Å². The lowest BCUT2D eigenvalue weighted by Gasteiger charge is -2.27.